The Balaban J connectivity index is 1.42. The molecule has 0 aromatic heterocycles. The summed E-state index contributed by atoms with van der Waals surface area (Å²) >= 11 is 0. The van der Waals surface area contributed by atoms with Gasteiger partial charge < -0.3 is 15.0 Å². The van der Waals surface area contributed by atoms with E-state index in [9.17, 15) is 9.00 Å². The van der Waals surface area contributed by atoms with Gasteiger partial charge in [-0.05, 0) is 45.4 Å². The summed E-state index contributed by atoms with van der Waals surface area (Å²) in [5.41, 5.74) is -0.417. The van der Waals surface area contributed by atoms with Crippen molar-refractivity contribution in [3.8, 4) is 0 Å². The first-order chi connectivity index (χ1) is 9.83. The average molecular weight is 314 g/mol. The van der Waals surface area contributed by atoms with E-state index in [4.69, 9.17) is 4.74 Å². The van der Waals surface area contributed by atoms with Crippen LogP contribution in [0.4, 0.5) is 4.79 Å². The number of carbonyl (C=O) groups is 1. The van der Waals surface area contributed by atoms with Gasteiger partial charge in [-0.2, -0.15) is 0 Å². The summed E-state index contributed by atoms with van der Waals surface area (Å²) in [7, 11) is -0.592. The molecule has 2 saturated heterocycles. The Labute approximate surface area is 129 Å². The second kappa shape index (κ2) is 5.54. The third kappa shape index (κ3) is 3.59. The van der Waals surface area contributed by atoms with Crippen LogP contribution >= 0.6 is 0 Å². The summed E-state index contributed by atoms with van der Waals surface area (Å²) in [6.45, 7) is 7.34. The molecule has 5 nitrogen and oxygen atoms in total. The van der Waals surface area contributed by atoms with E-state index in [-0.39, 0.29) is 6.09 Å². The Bertz CT molecular complexity index is 427. The van der Waals surface area contributed by atoms with Crippen molar-refractivity contribution < 1.29 is 13.7 Å². The Morgan fingerprint density at radius 3 is 2.29 bits per heavy atom. The normalized spacial score (nSPS) is 39.0. The van der Waals surface area contributed by atoms with Crippen molar-refractivity contribution in [2.45, 2.75) is 51.3 Å². The van der Waals surface area contributed by atoms with Crippen LogP contribution in [0.2, 0.25) is 0 Å². The lowest BCUT2D eigenvalue weighted by Crippen LogP contribution is -2.42. The van der Waals surface area contributed by atoms with Crippen molar-refractivity contribution in [1.29, 1.82) is 0 Å². The quantitative estimate of drug-likeness (QED) is 0.836. The molecule has 3 fully saturated rings. The molecule has 3 aliphatic rings. The number of amides is 1. The van der Waals surface area contributed by atoms with Crippen molar-refractivity contribution in [3.05, 3.63) is 0 Å². The third-order valence-electron chi connectivity index (χ3n) is 4.66. The number of carbonyl (C=O) groups excluding carboxylic acids is 1. The molecular formula is C15H26N2O3S. The first kappa shape index (κ1) is 15.3. The van der Waals surface area contributed by atoms with Crippen molar-refractivity contribution >= 4 is 16.9 Å². The molecule has 2 heterocycles. The molecule has 0 aromatic carbocycles. The Morgan fingerprint density at radius 2 is 1.76 bits per heavy atom. The van der Waals surface area contributed by atoms with E-state index in [2.05, 4.69) is 5.32 Å². The fourth-order valence-corrected chi connectivity index (χ4v) is 4.78. The maximum absolute atomic E-state index is 12.0. The number of ether oxygens (including phenoxy) is 1. The van der Waals surface area contributed by atoms with Crippen LogP contribution < -0.4 is 5.32 Å². The van der Waals surface area contributed by atoms with Crippen LogP contribution in [-0.2, 0) is 15.5 Å². The summed E-state index contributed by atoms with van der Waals surface area (Å²) in [6, 6.07) is 1.08. The van der Waals surface area contributed by atoms with Gasteiger partial charge in [-0.1, -0.05) is 0 Å². The van der Waals surface area contributed by atoms with Crippen LogP contribution in [0.1, 0.15) is 33.6 Å². The van der Waals surface area contributed by atoms with Crippen molar-refractivity contribution in [3.63, 3.8) is 0 Å². The second-order valence-electron chi connectivity index (χ2n) is 7.53. The summed E-state index contributed by atoms with van der Waals surface area (Å²) in [5.74, 6) is 2.85. The monoisotopic (exact) mass is 314 g/mol. The standard InChI is InChI=1S/C15H26N2O3S/c1-15(2,3)20-14(18)17-8-11-12(9-17)13(11)16-10-4-6-21(19)7-5-10/h10-13,16H,4-9H2,1-3H3. The first-order valence-electron chi connectivity index (χ1n) is 7.92. The highest BCUT2D eigenvalue weighted by atomic mass is 32.2. The van der Waals surface area contributed by atoms with Gasteiger partial charge in [0, 0.05) is 47.5 Å². The van der Waals surface area contributed by atoms with Crippen LogP contribution in [0, 0.1) is 11.8 Å². The van der Waals surface area contributed by atoms with E-state index in [1.165, 1.54) is 0 Å². The molecule has 2 atom stereocenters. The van der Waals surface area contributed by atoms with Crippen LogP contribution in [-0.4, -0.2) is 57.5 Å². The predicted molar refractivity (Wildman–Crippen MR) is 82.6 cm³/mol. The van der Waals surface area contributed by atoms with E-state index in [0.717, 1.165) is 37.4 Å². The van der Waals surface area contributed by atoms with Crippen molar-refractivity contribution in [1.82, 2.24) is 10.2 Å². The fraction of sp³-hybridized carbons (Fsp3) is 0.933. The SMILES string of the molecule is CC(C)(C)OC(=O)N1CC2C(C1)C2NC1CCS(=O)CC1. The number of fused-ring (bicyclic) bond motifs is 1. The molecule has 1 aliphatic carbocycles. The number of nitrogens with one attached hydrogen (secondary N) is 1. The molecule has 0 aromatic rings. The molecule has 2 unspecified atom stereocenters. The molecular weight excluding hydrogens is 288 g/mol. The van der Waals surface area contributed by atoms with Crippen molar-refractivity contribution in [2.75, 3.05) is 24.6 Å². The minimum atomic E-state index is -0.592. The number of likely N-dealkylation sites (tertiary alicyclic amines) is 1. The molecule has 120 valence electrons. The number of nitrogens with zero attached hydrogens (tertiary/aromatic N) is 1. The lowest BCUT2D eigenvalue weighted by molar-refractivity contribution is 0.0268. The molecule has 0 spiro atoms. The minimum Gasteiger partial charge on any atom is -0.444 e. The van der Waals surface area contributed by atoms with Crippen LogP contribution in [0.3, 0.4) is 0 Å². The first-order valence-corrected chi connectivity index (χ1v) is 9.41. The number of rotatable bonds is 2. The van der Waals surface area contributed by atoms with Gasteiger partial charge in [-0.15, -0.1) is 0 Å². The zero-order valence-electron chi connectivity index (χ0n) is 13.1. The summed E-state index contributed by atoms with van der Waals surface area (Å²) in [4.78, 5) is 13.9. The zero-order valence-corrected chi connectivity index (χ0v) is 13.9. The highest BCUT2D eigenvalue weighted by Crippen LogP contribution is 2.46. The maximum atomic E-state index is 12.0. The topological polar surface area (TPSA) is 58.6 Å². The summed E-state index contributed by atoms with van der Waals surface area (Å²) in [5, 5.41) is 3.71. The van der Waals surface area contributed by atoms with Gasteiger partial charge in [-0.25, -0.2) is 4.79 Å². The van der Waals surface area contributed by atoms with Gasteiger partial charge in [0.2, 0.25) is 0 Å². The Morgan fingerprint density at radius 1 is 1.19 bits per heavy atom. The van der Waals surface area contributed by atoms with Gasteiger partial charge in [0.05, 0.1) is 0 Å². The molecule has 0 bridgehead atoms. The van der Waals surface area contributed by atoms with E-state index < -0.39 is 16.4 Å². The third-order valence-corrected chi connectivity index (χ3v) is 6.04. The maximum Gasteiger partial charge on any atom is 0.410 e. The van der Waals surface area contributed by atoms with E-state index in [0.29, 0.717) is 23.9 Å². The van der Waals surface area contributed by atoms with E-state index in [1.54, 1.807) is 0 Å². The molecule has 3 rings (SSSR count). The van der Waals surface area contributed by atoms with Gasteiger partial charge in [0.15, 0.2) is 0 Å². The minimum absolute atomic E-state index is 0.179. The van der Waals surface area contributed by atoms with Crippen molar-refractivity contribution in [2.24, 2.45) is 11.8 Å². The van der Waals surface area contributed by atoms with Gasteiger partial charge in [0.1, 0.15) is 5.60 Å². The fourth-order valence-electron chi connectivity index (χ4n) is 3.48. The molecule has 2 aliphatic heterocycles. The average Bonchev–Trinajstić information content (AvgIpc) is 2.83. The zero-order chi connectivity index (χ0) is 15.2. The summed E-state index contributed by atoms with van der Waals surface area (Å²) < 4.78 is 16.8. The Hall–Kier alpha value is -0.620. The van der Waals surface area contributed by atoms with E-state index in [1.807, 2.05) is 25.7 Å². The highest BCUT2D eigenvalue weighted by Gasteiger charge is 2.57. The van der Waals surface area contributed by atoms with E-state index >= 15 is 0 Å². The highest BCUT2D eigenvalue weighted by molar-refractivity contribution is 7.85. The lowest BCUT2D eigenvalue weighted by atomic mass is 10.1. The predicted octanol–water partition coefficient (Wildman–Crippen LogP) is 1.35. The summed E-state index contributed by atoms with van der Waals surface area (Å²) in [6.07, 6.45) is 1.87. The van der Waals surface area contributed by atoms with Crippen LogP contribution in [0.5, 0.6) is 0 Å². The molecule has 1 saturated carbocycles. The molecule has 1 amide bonds. The number of hydrogen-bond donors (Lipinski definition) is 1. The molecule has 6 heteroatoms. The Kier molecular flexibility index (Phi) is 4.03. The van der Waals surface area contributed by atoms with Crippen LogP contribution in [0.25, 0.3) is 0 Å². The van der Waals surface area contributed by atoms with Crippen LogP contribution in [0.15, 0.2) is 0 Å². The van der Waals surface area contributed by atoms with Gasteiger partial charge in [-0.3, -0.25) is 4.21 Å². The molecule has 21 heavy (non-hydrogen) atoms. The number of piperidine rings is 1. The number of hydrogen-bond acceptors (Lipinski definition) is 4. The second-order valence-corrected chi connectivity index (χ2v) is 9.22. The van der Waals surface area contributed by atoms with Gasteiger partial charge in [0.25, 0.3) is 0 Å². The molecule has 0 radical (unpaired) electrons. The molecule has 1 N–H and O–H groups in total. The van der Waals surface area contributed by atoms with Gasteiger partial charge >= 0.3 is 6.09 Å². The lowest BCUT2D eigenvalue weighted by Gasteiger charge is -2.27. The smallest absolute Gasteiger partial charge is 0.410 e. The largest absolute Gasteiger partial charge is 0.444 e.